The van der Waals surface area contributed by atoms with Gasteiger partial charge in [0, 0.05) is 12.6 Å². The Balaban J connectivity index is 1.90. The van der Waals surface area contributed by atoms with E-state index >= 15 is 0 Å². The van der Waals surface area contributed by atoms with Gasteiger partial charge in [0.05, 0.1) is 20.3 Å². The summed E-state index contributed by atoms with van der Waals surface area (Å²) in [5.74, 6) is 1.29. The van der Waals surface area contributed by atoms with E-state index in [9.17, 15) is 5.11 Å². The zero-order valence-corrected chi connectivity index (χ0v) is 14.0. The molecule has 0 aromatic heterocycles. The lowest BCUT2D eigenvalue weighted by Gasteiger charge is -2.18. The topological polar surface area (TPSA) is 50.7 Å². The second kappa shape index (κ2) is 8.56. The van der Waals surface area contributed by atoms with Crippen molar-refractivity contribution in [3.8, 4) is 11.5 Å². The molecule has 0 amide bonds. The van der Waals surface area contributed by atoms with Crippen LogP contribution < -0.4 is 14.8 Å². The van der Waals surface area contributed by atoms with Gasteiger partial charge >= 0.3 is 0 Å². The van der Waals surface area contributed by atoms with Gasteiger partial charge in [-0.1, -0.05) is 36.4 Å². The van der Waals surface area contributed by atoms with Crippen LogP contribution in [0.25, 0.3) is 0 Å². The molecule has 0 radical (unpaired) electrons. The lowest BCUT2D eigenvalue weighted by atomic mass is 10.1. The molecule has 0 spiro atoms. The standard InChI is InChI=1S/C19H25NO3/c1-14(11-15-7-5-4-6-8-15)20-13-17(21)16-9-10-18(22-2)19(12-16)23-3/h4-10,12,14,17,20-21H,11,13H2,1-3H3/t14?,17-/m0/s1. The van der Waals surface area contributed by atoms with Gasteiger partial charge in [0.15, 0.2) is 11.5 Å². The van der Waals surface area contributed by atoms with E-state index in [1.54, 1.807) is 14.2 Å². The molecule has 0 bridgehead atoms. The minimum absolute atomic E-state index is 0.284. The van der Waals surface area contributed by atoms with Gasteiger partial charge < -0.3 is 19.9 Å². The number of aliphatic hydroxyl groups excluding tert-OH is 1. The Bertz CT molecular complexity index is 601. The predicted molar refractivity (Wildman–Crippen MR) is 92.1 cm³/mol. The molecule has 2 rings (SSSR count). The highest BCUT2D eigenvalue weighted by molar-refractivity contribution is 5.43. The normalized spacial score (nSPS) is 13.4. The fourth-order valence-corrected chi connectivity index (χ4v) is 2.53. The molecule has 4 nitrogen and oxygen atoms in total. The zero-order chi connectivity index (χ0) is 16.7. The van der Waals surface area contributed by atoms with E-state index in [2.05, 4.69) is 24.4 Å². The molecule has 1 unspecified atom stereocenters. The summed E-state index contributed by atoms with van der Waals surface area (Å²) in [5, 5.41) is 13.7. The number of nitrogens with one attached hydrogen (secondary N) is 1. The van der Waals surface area contributed by atoms with Gasteiger partial charge in [-0.3, -0.25) is 0 Å². The zero-order valence-electron chi connectivity index (χ0n) is 14.0. The van der Waals surface area contributed by atoms with Crippen LogP contribution in [0.3, 0.4) is 0 Å². The maximum absolute atomic E-state index is 10.4. The molecular formula is C19H25NO3. The smallest absolute Gasteiger partial charge is 0.161 e. The van der Waals surface area contributed by atoms with Crippen LogP contribution in [0.1, 0.15) is 24.2 Å². The highest BCUT2D eigenvalue weighted by Crippen LogP contribution is 2.29. The second-order valence-electron chi connectivity index (χ2n) is 5.63. The summed E-state index contributed by atoms with van der Waals surface area (Å²) >= 11 is 0. The molecule has 0 fully saturated rings. The summed E-state index contributed by atoms with van der Waals surface area (Å²) in [6, 6.07) is 16.1. The molecule has 0 aliphatic carbocycles. The molecule has 4 heteroatoms. The molecule has 0 aliphatic heterocycles. The fourth-order valence-electron chi connectivity index (χ4n) is 2.53. The Morgan fingerprint density at radius 3 is 2.35 bits per heavy atom. The van der Waals surface area contributed by atoms with Crippen molar-refractivity contribution in [3.05, 3.63) is 59.7 Å². The second-order valence-corrected chi connectivity index (χ2v) is 5.63. The third-order valence-electron chi connectivity index (χ3n) is 3.84. The maximum Gasteiger partial charge on any atom is 0.161 e. The first-order valence-electron chi connectivity index (χ1n) is 7.81. The summed E-state index contributed by atoms with van der Waals surface area (Å²) in [4.78, 5) is 0. The molecule has 0 heterocycles. The third kappa shape index (κ3) is 4.98. The molecule has 0 saturated carbocycles. The van der Waals surface area contributed by atoms with Crippen molar-refractivity contribution in [2.75, 3.05) is 20.8 Å². The highest BCUT2D eigenvalue weighted by atomic mass is 16.5. The van der Waals surface area contributed by atoms with Gasteiger partial charge in [0.2, 0.25) is 0 Å². The summed E-state index contributed by atoms with van der Waals surface area (Å²) < 4.78 is 10.5. The summed E-state index contributed by atoms with van der Waals surface area (Å²) in [5.41, 5.74) is 2.09. The molecular weight excluding hydrogens is 290 g/mol. The van der Waals surface area contributed by atoms with Gasteiger partial charge in [0.1, 0.15) is 0 Å². The van der Waals surface area contributed by atoms with Crippen molar-refractivity contribution in [1.82, 2.24) is 5.32 Å². The van der Waals surface area contributed by atoms with Crippen LogP contribution in [-0.2, 0) is 6.42 Å². The van der Waals surface area contributed by atoms with E-state index in [4.69, 9.17) is 9.47 Å². The van der Waals surface area contributed by atoms with E-state index in [1.165, 1.54) is 5.56 Å². The number of ether oxygens (including phenoxy) is 2. The molecule has 0 aliphatic rings. The lowest BCUT2D eigenvalue weighted by Crippen LogP contribution is -2.32. The van der Waals surface area contributed by atoms with Crippen LogP contribution in [0.5, 0.6) is 11.5 Å². The third-order valence-corrected chi connectivity index (χ3v) is 3.84. The van der Waals surface area contributed by atoms with Crippen molar-refractivity contribution in [2.24, 2.45) is 0 Å². The molecule has 0 saturated heterocycles. The van der Waals surface area contributed by atoms with E-state index in [-0.39, 0.29) is 6.04 Å². The van der Waals surface area contributed by atoms with Crippen LogP contribution in [0.2, 0.25) is 0 Å². The molecule has 2 aromatic rings. The average molecular weight is 315 g/mol. The maximum atomic E-state index is 10.4. The number of benzene rings is 2. The number of hydrogen-bond donors (Lipinski definition) is 2. The Hall–Kier alpha value is -2.04. The number of rotatable bonds is 8. The Kier molecular flexibility index (Phi) is 6.44. The SMILES string of the molecule is COc1ccc([C@@H](O)CNC(C)Cc2ccccc2)cc1OC. The minimum Gasteiger partial charge on any atom is -0.493 e. The number of methoxy groups -OCH3 is 2. The van der Waals surface area contributed by atoms with E-state index in [0.29, 0.717) is 18.0 Å². The van der Waals surface area contributed by atoms with Crippen LogP contribution in [0.4, 0.5) is 0 Å². The minimum atomic E-state index is -0.590. The van der Waals surface area contributed by atoms with Crippen molar-refractivity contribution in [2.45, 2.75) is 25.5 Å². The first-order valence-corrected chi connectivity index (χ1v) is 7.81. The van der Waals surface area contributed by atoms with Crippen molar-refractivity contribution in [1.29, 1.82) is 0 Å². The van der Waals surface area contributed by atoms with Crippen molar-refractivity contribution in [3.63, 3.8) is 0 Å². The number of hydrogen-bond acceptors (Lipinski definition) is 4. The average Bonchev–Trinajstić information content (AvgIpc) is 2.59. The quantitative estimate of drug-likeness (QED) is 0.786. The van der Waals surface area contributed by atoms with E-state index in [1.807, 2.05) is 36.4 Å². The van der Waals surface area contributed by atoms with E-state index < -0.39 is 6.10 Å². The highest BCUT2D eigenvalue weighted by Gasteiger charge is 2.13. The molecule has 2 N–H and O–H groups in total. The van der Waals surface area contributed by atoms with Crippen LogP contribution >= 0.6 is 0 Å². The Morgan fingerprint density at radius 1 is 1.00 bits per heavy atom. The first kappa shape index (κ1) is 17.3. The molecule has 2 aromatic carbocycles. The van der Waals surface area contributed by atoms with E-state index in [0.717, 1.165) is 12.0 Å². The lowest BCUT2D eigenvalue weighted by molar-refractivity contribution is 0.170. The van der Waals surface area contributed by atoms with Crippen LogP contribution in [-0.4, -0.2) is 31.9 Å². The van der Waals surface area contributed by atoms with Gasteiger partial charge in [-0.05, 0) is 36.6 Å². The summed E-state index contributed by atoms with van der Waals surface area (Å²) in [6.07, 6.45) is 0.340. The van der Waals surface area contributed by atoms with Gasteiger partial charge in [0.25, 0.3) is 0 Å². The Labute approximate surface area is 138 Å². The van der Waals surface area contributed by atoms with Crippen LogP contribution in [0, 0.1) is 0 Å². The molecule has 2 atom stereocenters. The first-order chi connectivity index (χ1) is 11.1. The van der Waals surface area contributed by atoms with Gasteiger partial charge in [-0.25, -0.2) is 0 Å². The van der Waals surface area contributed by atoms with Crippen molar-refractivity contribution >= 4 is 0 Å². The monoisotopic (exact) mass is 315 g/mol. The van der Waals surface area contributed by atoms with Gasteiger partial charge in [-0.15, -0.1) is 0 Å². The predicted octanol–water partition coefficient (Wildman–Crippen LogP) is 2.96. The van der Waals surface area contributed by atoms with Gasteiger partial charge in [-0.2, -0.15) is 0 Å². The van der Waals surface area contributed by atoms with Crippen molar-refractivity contribution < 1.29 is 14.6 Å². The number of aliphatic hydroxyl groups is 1. The largest absolute Gasteiger partial charge is 0.493 e. The Morgan fingerprint density at radius 2 is 1.70 bits per heavy atom. The van der Waals surface area contributed by atoms with Crippen LogP contribution in [0.15, 0.2) is 48.5 Å². The summed E-state index contributed by atoms with van der Waals surface area (Å²) in [7, 11) is 3.19. The molecule has 124 valence electrons. The fraction of sp³-hybridized carbons (Fsp3) is 0.368. The summed E-state index contributed by atoms with van der Waals surface area (Å²) in [6.45, 7) is 2.61. The molecule has 23 heavy (non-hydrogen) atoms.